The molecule has 2 saturated carbocycles. The number of benzene rings is 1. The summed E-state index contributed by atoms with van der Waals surface area (Å²) in [5.74, 6) is -2.26. The number of nitrogens with zero attached hydrogens (tertiary/aromatic N) is 1. The van der Waals surface area contributed by atoms with Gasteiger partial charge in [-0.05, 0) is 43.2 Å². The van der Waals surface area contributed by atoms with Crippen molar-refractivity contribution in [2.75, 3.05) is 5.32 Å². The van der Waals surface area contributed by atoms with Gasteiger partial charge in [0.25, 0.3) is 0 Å². The first-order valence-electron chi connectivity index (χ1n) is 8.26. The van der Waals surface area contributed by atoms with Crippen LogP contribution in [0.2, 0.25) is 0 Å². The second-order valence-electron chi connectivity index (χ2n) is 6.74. The van der Waals surface area contributed by atoms with Crippen LogP contribution in [0.4, 0.5) is 5.13 Å². The zero-order chi connectivity index (χ0) is 17.6. The minimum Gasteiger partial charge on any atom is -0.550 e. The Morgan fingerprint density at radius 2 is 1.84 bits per heavy atom. The van der Waals surface area contributed by atoms with Crippen LogP contribution in [0.3, 0.4) is 0 Å². The fraction of sp³-hybridized carbons (Fsp3) is 0.389. The quantitative estimate of drug-likeness (QED) is 0.825. The highest BCUT2D eigenvalue weighted by Crippen LogP contribution is 2.52. The zero-order valence-electron chi connectivity index (χ0n) is 13.3. The average molecular weight is 420 g/mol. The van der Waals surface area contributed by atoms with E-state index in [1.165, 1.54) is 11.3 Å². The van der Waals surface area contributed by atoms with Crippen LogP contribution in [-0.4, -0.2) is 16.9 Å². The SMILES string of the molecule is O=C(Nc1nc(-c2ccc(Br)cc2)cs1)[C@@H]1[C@@H]2CC[C@@H](C2)[C@@H]1C(=O)[O-]. The summed E-state index contributed by atoms with van der Waals surface area (Å²) in [6.07, 6.45) is 2.63. The van der Waals surface area contributed by atoms with Crippen molar-refractivity contribution >= 4 is 44.3 Å². The molecule has 1 heterocycles. The highest BCUT2D eigenvalue weighted by Gasteiger charge is 2.51. The van der Waals surface area contributed by atoms with Crippen molar-refractivity contribution in [2.45, 2.75) is 19.3 Å². The van der Waals surface area contributed by atoms with Gasteiger partial charge in [0.1, 0.15) is 0 Å². The summed E-state index contributed by atoms with van der Waals surface area (Å²) in [6.45, 7) is 0. The Kier molecular flexibility index (Phi) is 4.37. The first kappa shape index (κ1) is 16.7. The highest BCUT2D eigenvalue weighted by molar-refractivity contribution is 9.10. The molecule has 7 heteroatoms. The number of halogens is 1. The van der Waals surface area contributed by atoms with Crippen molar-refractivity contribution in [3.05, 3.63) is 34.1 Å². The number of carboxylic acid groups (broad SMARTS) is 1. The minimum absolute atomic E-state index is 0.0837. The molecule has 0 saturated heterocycles. The Hall–Kier alpha value is -1.73. The van der Waals surface area contributed by atoms with Crippen LogP contribution in [0, 0.1) is 23.7 Å². The van der Waals surface area contributed by atoms with E-state index in [9.17, 15) is 14.7 Å². The number of anilines is 1. The lowest BCUT2D eigenvalue weighted by molar-refractivity contribution is -0.314. The van der Waals surface area contributed by atoms with Crippen molar-refractivity contribution in [3.8, 4) is 11.3 Å². The maximum atomic E-state index is 12.7. The topological polar surface area (TPSA) is 82.1 Å². The van der Waals surface area contributed by atoms with E-state index in [1.54, 1.807) is 0 Å². The van der Waals surface area contributed by atoms with E-state index in [0.29, 0.717) is 5.13 Å². The molecule has 0 unspecified atom stereocenters. The number of carbonyl (C=O) groups excluding carboxylic acids is 2. The van der Waals surface area contributed by atoms with Gasteiger partial charge in [0.15, 0.2) is 5.13 Å². The number of hydrogen-bond donors (Lipinski definition) is 1. The molecule has 2 aliphatic carbocycles. The first-order chi connectivity index (χ1) is 12.0. The molecule has 5 nitrogen and oxygen atoms in total. The third kappa shape index (κ3) is 3.11. The van der Waals surface area contributed by atoms with Gasteiger partial charge in [0.05, 0.1) is 5.69 Å². The molecule has 4 rings (SSSR count). The summed E-state index contributed by atoms with van der Waals surface area (Å²) < 4.78 is 0.990. The number of rotatable bonds is 4. The number of fused-ring (bicyclic) bond motifs is 2. The number of aliphatic carboxylic acids is 1. The number of carbonyl (C=O) groups is 2. The third-order valence-corrected chi connectivity index (χ3v) is 6.65. The Bertz CT molecular complexity index is 820. The summed E-state index contributed by atoms with van der Waals surface area (Å²) in [5.41, 5.74) is 1.75. The van der Waals surface area contributed by atoms with E-state index in [1.807, 2.05) is 29.6 Å². The Morgan fingerprint density at radius 1 is 1.16 bits per heavy atom. The van der Waals surface area contributed by atoms with Crippen molar-refractivity contribution < 1.29 is 14.7 Å². The van der Waals surface area contributed by atoms with Crippen molar-refractivity contribution in [1.82, 2.24) is 4.98 Å². The van der Waals surface area contributed by atoms with Crippen molar-refractivity contribution in [3.63, 3.8) is 0 Å². The number of amides is 1. The van der Waals surface area contributed by atoms with E-state index in [4.69, 9.17) is 0 Å². The number of nitrogens with one attached hydrogen (secondary N) is 1. The molecule has 2 aromatic rings. The van der Waals surface area contributed by atoms with Crippen LogP contribution in [-0.2, 0) is 9.59 Å². The average Bonchev–Trinajstić information content (AvgIpc) is 3.30. The molecule has 1 N–H and O–H groups in total. The lowest BCUT2D eigenvalue weighted by Gasteiger charge is -2.30. The maximum absolute atomic E-state index is 12.7. The van der Waals surface area contributed by atoms with Crippen LogP contribution in [0.1, 0.15) is 19.3 Å². The summed E-state index contributed by atoms with van der Waals surface area (Å²) in [5, 5.41) is 16.7. The standard InChI is InChI=1S/C18H17BrN2O3S/c19-12-5-3-9(4-6-12)13-8-25-18(20-13)21-16(22)14-10-1-2-11(7-10)15(14)17(23)24/h3-6,8,10-11,14-15H,1-2,7H2,(H,23,24)(H,20,21,22)/p-1/t10-,11+,14-,15+/m1/s1. The number of aromatic nitrogens is 1. The largest absolute Gasteiger partial charge is 0.550 e. The Balaban J connectivity index is 1.50. The Labute approximate surface area is 157 Å². The molecule has 2 fully saturated rings. The Morgan fingerprint density at radius 3 is 2.52 bits per heavy atom. The van der Waals surface area contributed by atoms with Gasteiger partial charge in [-0.1, -0.05) is 28.1 Å². The highest BCUT2D eigenvalue weighted by atomic mass is 79.9. The number of thiazole rings is 1. The monoisotopic (exact) mass is 419 g/mol. The predicted molar refractivity (Wildman–Crippen MR) is 96.7 cm³/mol. The summed E-state index contributed by atoms with van der Waals surface area (Å²) >= 11 is 4.75. The molecular weight excluding hydrogens is 404 g/mol. The lowest BCUT2D eigenvalue weighted by atomic mass is 9.79. The van der Waals surface area contributed by atoms with E-state index >= 15 is 0 Å². The second kappa shape index (κ2) is 6.53. The van der Waals surface area contributed by atoms with E-state index in [2.05, 4.69) is 26.2 Å². The minimum atomic E-state index is -1.10. The van der Waals surface area contributed by atoms with Crippen LogP contribution in [0.15, 0.2) is 34.1 Å². The van der Waals surface area contributed by atoms with Crippen LogP contribution in [0.5, 0.6) is 0 Å². The molecule has 25 heavy (non-hydrogen) atoms. The van der Waals surface area contributed by atoms with Gasteiger partial charge in [0.2, 0.25) is 5.91 Å². The maximum Gasteiger partial charge on any atom is 0.230 e. The van der Waals surface area contributed by atoms with Gasteiger partial charge in [0, 0.05) is 33.2 Å². The van der Waals surface area contributed by atoms with Crippen molar-refractivity contribution in [1.29, 1.82) is 0 Å². The van der Waals surface area contributed by atoms with Gasteiger partial charge in [-0.3, -0.25) is 4.79 Å². The zero-order valence-corrected chi connectivity index (χ0v) is 15.7. The molecule has 1 aromatic carbocycles. The second-order valence-corrected chi connectivity index (χ2v) is 8.51. The van der Waals surface area contributed by atoms with E-state index in [0.717, 1.165) is 35.0 Å². The molecule has 0 aliphatic heterocycles. The van der Waals surface area contributed by atoms with E-state index < -0.39 is 17.8 Å². The van der Waals surface area contributed by atoms with Gasteiger partial charge in [-0.2, -0.15) is 0 Å². The van der Waals surface area contributed by atoms with Crippen LogP contribution < -0.4 is 10.4 Å². The molecule has 2 bridgehead atoms. The van der Waals surface area contributed by atoms with Gasteiger partial charge >= 0.3 is 0 Å². The van der Waals surface area contributed by atoms with Gasteiger partial charge in [-0.15, -0.1) is 11.3 Å². The normalized spacial score (nSPS) is 27.4. The van der Waals surface area contributed by atoms with Crippen molar-refractivity contribution in [2.24, 2.45) is 23.7 Å². The summed E-state index contributed by atoms with van der Waals surface area (Å²) in [7, 11) is 0. The number of carboxylic acids is 1. The fourth-order valence-electron chi connectivity index (χ4n) is 4.28. The van der Waals surface area contributed by atoms with Gasteiger partial charge < -0.3 is 15.2 Å². The van der Waals surface area contributed by atoms with E-state index in [-0.39, 0.29) is 17.7 Å². The molecule has 1 aromatic heterocycles. The molecule has 0 spiro atoms. The smallest absolute Gasteiger partial charge is 0.230 e. The number of hydrogen-bond acceptors (Lipinski definition) is 5. The molecule has 4 atom stereocenters. The lowest BCUT2D eigenvalue weighted by Crippen LogP contribution is -2.43. The first-order valence-corrected chi connectivity index (χ1v) is 9.93. The fourth-order valence-corrected chi connectivity index (χ4v) is 5.27. The third-order valence-electron chi connectivity index (χ3n) is 5.37. The molecule has 0 radical (unpaired) electrons. The molecule has 1 amide bonds. The molecule has 2 aliphatic rings. The molecular formula is C18H16BrN2O3S-. The van der Waals surface area contributed by atoms with Gasteiger partial charge in [-0.25, -0.2) is 4.98 Å². The predicted octanol–water partition coefficient (Wildman–Crippen LogP) is 2.92. The van der Waals surface area contributed by atoms with Crippen LogP contribution >= 0.6 is 27.3 Å². The summed E-state index contributed by atoms with van der Waals surface area (Å²) in [4.78, 5) is 28.6. The summed E-state index contributed by atoms with van der Waals surface area (Å²) in [6, 6.07) is 7.78. The van der Waals surface area contributed by atoms with Crippen LogP contribution in [0.25, 0.3) is 11.3 Å². The molecule has 130 valence electrons.